The van der Waals surface area contributed by atoms with E-state index in [4.69, 9.17) is 21.6 Å². The van der Waals surface area contributed by atoms with E-state index in [0.29, 0.717) is 35.8 Å². The Labute approximate surface area is 111 Å². The summed E-state index contributed by atoms with van der Waals surface area (Å²) in [6.07, 6.45) is 0.414. The second kappa shape index (κ2) is 5.15. The fraction of sp³-hybridized carbons (Fsp3) is 0.462. The summed E-state index contributed by atoms with van der Waals surface area (Å²) in [6, 6.07) is 7.05. The average molecular weight is 267 g/mol. The van der Waals surface area contributed by atoms with Crippen LogP contribution in [0.4, 0.5) is 5.69 Å². The first-order chi connectivity index (χ1) is 8.55. The van der Waals surface area contributed by atoms with Crippen molar-refractivity contribution in [2.45, 2.75) is 25.0 Å². The quantitative estimate of drug-likeness (QED) is 0.880. The maximum atomic E-state index is 10.3. The van der Waals surface area contributed by atoms with Crippen molar-refractivity contribution in [2.75, 3.05) is 18.5 Å². The Morgan fingerprint density at radius 1 is 1.67 bits per heavy atom. The van der Waals surface area contributed by atoms with Gasteiger partial charge in [0.1, 0.15) is 5.60 Å². The summed E-state index contributed by atoms with van der Waals surface area (Å²) < 4.78 is 5.36. The van der Waals surface area contributed by atoms with Gasteiger partial charge in [-0.15, -0.1) is 0 Å². The molecule has 5 heteroatoms. The van der Waals surface area contributed by atoms with Gasteiger partial charge < -0.3 is 15.2 Å². The Balaban J connectivity index is 2.05. The average Bonchev–Trinajstić information content (AvgIpc) is 2.68. The second-order valence-electron chi connectivity index (χ2n) is 4.53. The van der Waals surface area contributed by atoms with Crippen molar-refractivity contribution in [3.05, 3.63) is 28.8 Å². The minimum absolute atomic E-state index is 0.192. The summed E-state index contributed by atoms with van der Waals surface area (Å²) in [5.74, 6) is 0. The van der Waals surface area contributed by atoms with Gasteiger partial charge in [-0.05, 0) is 25.1 Å². The first-order valence-corrected chi connectivity index (χ1v) is 6.20. The number of aliphatic hydroxyl groups is 1. The Morgan fingerprint density at radius 3 is 3.00 bits per heavy atom. The molecule has 96 valence electrons. The number of hydrogen-bond donors (Lipinski definition) is 2. The lowest BCUT2D eigenvalue weighted by atomic mass is 9.96. The van der Waals surface area contributed by atoms with Crippen molar-refractivity contribution in [3.8, 4) is 6.07 Å². The summed E-state index contributed by atoms with van der Waals surface area (Å²) in [5.41, 5.74) is 0.363. The Hall–Kier alpha value is -1.28. The van der Waals surface area contributed by atoms with Gasteiger partial charge in [0.25, 0.3) is 0 Å². The van der Waals surface area contributed by atoms with Crippen LogP contribution in [0.3, 0.4) is 0 Å². The van der Waals surface area contributed by atoms with Crippen LogP contribution in [0.5, 0.6) is 0 Å². The second-order valence-corrected chi connectivity index (χ2v) is 4.93. The first-order valence-electron chi connectivity index (χ1n) is 5.83. The highest BCUT2D eigenvalue weighted by atomic mass is 35.5. The molecule has 1 heterocycles. The molecular formula is C13H15ClN2O2. The summed E-state index contributed by atoms with van der Waals surface area (Å²) in [7, 11) is 0. The zero-order chi connectivity index (χ0) is 13.2. The van der Waals surface area contributed by atoms with Crippen molar-refractivity contribution in [1.29, 1.82) is 5.26 Å². The number of nitriles is 1. The van der Waals surface area contributed by atoms with Crippen LogP contribution >= 0.6 is 11.6 Å². The van der Waals surface area contributed by atoms with Gasteiger partial charge in [0.05, 0.1) is 28.4 Å². The number of ether oxygens (including phenoxy) is 1. The van der Waals surface area contributed by atoms with Crippen molar-refractivity contribution in [3.63, 3.8) is 0 Å². The van der Waals surface area contributed by atoms with E-state index in [0.717, 1.165) is 0 Å². The van der Waals surface area contributed by atoms with Crippen LogP contribution in [0.1, 0.15) is 18.9 Å². The molecule has 2 atom stereocenters. The maximum absolute atomic E-state index is 10.3. The molecule has 1 aliphatic heterocycles. The van der Waals surface area contributed by atoms with E-state index in [2.05, 4.69) is 5.32 Å². The molecule has 1 aromatic rings. The van der Waals surface area contributed by atoms with E-state index in [1.165, 1.54) is 0 Å². The van der Waals surface area contributed by atoms with Gasteiger partial charge in [-0.2, -0.15) is 5.26 Å². The Kier molecular flexibility index (Phi) is 3.76. The molecule has 2 N–H and O–H groups in total. The summed E-state index contributed by atoms with van der Waals surface area (Å²) in [6.45, 7) is 2.80. The number of anilines is 1. The van der Waals surface area contributed by atoms with E-state index < -0.39 is 5.60 Å². The standard InChI is InChI=1S/C13H15ClN2O2/c1-9-13(17,4-5-18-9)8-16-12-3-2-10(7-15)6-11(12)14/h2-3,6,9,16-17H,4-5,8H2,1H3. The molecule has 0 saturated carbocycles. The molecule has 0 spiro atoms. The molecule has 1 fully saturated rings. The van der Waals surface area contributed by atoms with E-state index in [1.54, 1.807) is 18.2 Å². The normalized spacial score (nSPS) is 26.9. The molecule has 18 heavy (non-hydrogen) atoms. The lowest BCUT2D eigenvalue weighted by Gasteiger charge is -2.26. The molecule has 0 aromatic heterocycles. The molecule has 0 amide bonds. The molecular weight excluding hydrogens is 252 g/mol. The molecule has 1 saturated heterocycles. The maximum Gasteiger partial charge on any atom is 0.110 e. The van der Waals surface area contributed by atoms with Crippen LogP contribution in [0.2, 0.25) is 5.02 Å². The molecule has 1 aliphatic rings. The zero-order valence-electron chi connectivity index (χ0n) is 10.1. The van der Waals surface area contributed by atoms with Crippen molar-refractivity contribution < 1.29 is 9.84 Å². The molecule has 4 nitrogen and oxygen atoms in total. The SMILES string of the molecule is CC1OCCC1(O)CNc1ccc(C#N)cc1Cl. The Morgan fingerprint density at radius 2 is 2.44 bits per heavy atom. The molecule has 0 radical (unpaired) electrons. The van der Waals surface area contributed by atoms with Crippen molar-refractivity contribution in [2.24, 2.45) is 0 Å². The smallest absolute Gasteiger partial charge is 0.110 e. The van der Waals surface area contributed by atoms with Crippen molar-refractivity contribution in [1.82, 2.24) is 0 Å². The molecule has 2 unspecified atom stereocenters. The number of hydrogen-bond acceptors (Lipinski definition) is 4. The largest absolute Gasteiger partial charge is 0.385 e. The predicted octanol–water partition coefficient (Wildman–Crippen LogP) is 2.16. The number of rotatable bonds is 3. The van der Waals surface area contributed by atoms with Gasteiger partial charge in [-0.1, -0.05) is 11.6 Å². The van der Waals surface area contributed by atoms with Gasteiger partial charge in [-0.3, -0.25) is 0 Å². The van der Waals surface area contributed by atoms with Gasteiger partial charge in [-0.25, -0.2) is 0 Å². The zero-order valence-corrected chi connectivity index (χ0v) is 10.9. The first kappa shape index (κ1) is 13.2. The summed E-state index contributed by atoms with van der Waals surface area (Å²) in [5, 5.41) is 22.7. The minimum atomic E-state index is -0.864. The van der Waals surface area contributed by atoms with Crippen molar-refractivity contribution >= 4 is 17.3 Å². The Bertz CT molecular complexity index is 486. The molecule has 0 aliphatic carbocycles. The van der Waals surface area contributed by atoms with Gasteiger partial charge in [0.15, 0.2) is 0 Å². The highest BCUT2D eigenvalue weighted by molar-refractivity contribution is 6.33. The third kappa shape index (κ3) is 2.59. The lowest BCUT2D eigenvalue weighted by Crippen LogP contribution is -2.43. The van der Waals surface area contributed by atoms with E-state index in [-0.39, 0.29) is 6.10 Å². The van der Waals surface area contributed by atoms with Gasteiger partial charge in [0, 0.05) is 19.6 Å². The van der Waals surface area contributed by atoms with Crippen LogP contribution in [0.15, 0.2) is 18.2 Å². The van der Waals surface area contributed by atoms with E-state index in [9.17, 15) is 5.11 Å². The van der Waals surface area contributed by atoms with Crippen LogP contribution in [-0.2, 0) is 4.74 Å². The molecule has 1 aromatic carbocycles. The summed E-state index contributed by atoms with van der Waals surface area (Å²) >= 11 is 6.05. The van der Waals surface area contributed by atoms with Gasteiger partial charge in [0.2, 0.25) is 0 Å². The third-order valence-electron chi connectivity index (χ3n) is 3.34. The topological polar surface area (TPSA) is 65.3 Å². The lowest BCUT2D eigenvalue weighted by molar-refractivity contribution is -0.0175. The van der Waals surface area contributed by atoms with Crippen LogP contribution < -0.4 is 5.32 Å². The fourth-order valence-electron chi connectivity index (χ4n) is 1.98. The molecule has 2 rings (SSSR count). The number of nitrogens with zero attached hydrogens (tertiary/aromatic N) is 1. The number of halogens is 1. The number of benzene rings is 1. The van der Waals surface area contributed by atoms with E-state index >= 15 is 0 Å². The summed E-state index contributed by atoms with van der Waals surface area (Å²) in [4.78, 5) is 0. The highest BCUT2D eigenvalue weighted by Gasteiger charge is 2.39. The van der Waals surface area contributed by atoms with Crippen LogP contribution in [-0.4, -0.2) is 30.0 Å². The monoisotopic (exact) mass is 266 g/mol. The van der Waals surface area contributed by atoms with Gasteiger partial charge >= 0.3 is 0 Å². The fourth-order valence-corrected chi connectivity index (χ4v) is 2.23. The number of nitrogens with one attached hydrogen (secondary N) is 1. The predicted molar refractivity (Wildman–Crippen MR) is 69.6 cm³/mol. The molecule has 0 bridgehead atoms. The highest BCUT2D eigenvalue weighted by Crippen LogP contribution is 2.28. The van der Waals surface area contributed by atoms with Crippen LogP contribution in [0.25, 0.3) is 0 Å². The third-order valence-corrected chi connectivity index (χ3v) is 3.66. The van der Waals surface area contributed by atoms with E-state index in [1.807, 2.05) is 13.0 Å². The minimum Gasteiger partial charge on any atom is -0.385 e. The van der Waals surface area contributed by atoms with Crippen LogP contribution in [0, 0.1) is 11.3 Å².